The maximum Gasteiger partial charge on any atom is 0.164 e. The highest BCUT2D eigenvalue weighted by Crippen LogP contribution is 2.40. The van der Waals surface area contributed by atoms with E-state index in [-0.39, 0.29) is 0 Å². The van der Waals surface area contributed by atoms with Gasteiger partial charge in [0.15, 0.2) is 17.5 Å². The average Bonchev–Trinajstić information content (AvgIpc) is 3.62. The summed E-state index contributed by atoms with van der Waals surface area (Å²) in [5.74, 6) is 1.86. The SMILES string of the molecule is C1=Cc2cc(-c3nc(-c4ccc(-c5ccccc5)cc4)nc(-c4cc(-c5ccc(-c6ccccc6)cc5)cc5oc6ccccc6c45)n3)ccc2CC1. The van der Waals surface area contributed by atoms with E-state index < -0.39 is 0 Å². The molecule has 4 heteroatoms. The van der Waals surface area contributed by atoms with Gasteiger partial charge in [0, 0.05) is 27.5 Å². The molecule has 0 radical (unpaired) electrons. The lowest BCUT2D eigenvalue weighted by Crippen LogP contribution is -2.02. The molecule has 0 unspecified atom stereocenters. The Balaban J connectivity index is 1.17. The lowest BCUT2D eigenvalue weighted by molar-refractivity contribution is 0.669. The molecule has 0 N–H and O–H groups in total. The third-order valence-corrected chi connectivity index (χ3v) is 10.2. The lowest BCUT2D eigenvalue weighted by Gasteiger charge is -2.14. The van der Waals surface area contributed by atoms with Crippen LogP contribution in [0.3, 0.4) is 0 Å². The molecule has 4 nitrogen and oxygen atoms in total. The Morgan fingerprint density at radius 1 is 0.415 bits per heavy atom. The molecule has 1 aliphatic carbocycles. The third-order valence-electron chi connectivity index (χ3n) is 10.2. The molecule has 2 heterocycles. The quantitative estimate of drug-likeness (QED) is 0.175. The second-order valence-corrected chi connectivity index (χ2v) is 13.5. The van der Waals surface area contributed by atoms with Crippen molar-refractivity contribution < 1.29 is 4.42 Å². The van der Waals surface area contributed by atoms with E-state index in [1.807, 2.05) is 24.3 Å². The summed E-state index contributed by atoms with van der Waals surface area (Å²) in [6.45, 7) is 0. The molecule has 0 spiro atoms. The van der Waals surface area contributed by atoms with Crippen molar-refractivity contribution in [2.24, 2.45) is 0 Å². The number of para-hydroxylation sites is 1. The first-order valence-electron chi connectivity index (χ1n) is 18.1. The van der Waals surface area contributed by atoms with Gasteiger partial charge < -0.3 is 4.42 Å². The van der Waals surface area contributed by atoms with Crippen molar-refractivity contribution in [2.75, 3.05) is 0 Å². The van der Waals surface area contributed by atoms with E-state index in [1.54, 1.807) is 0 Å². The Morgan fingerprint density at radius 2 is 0.962 bits per heavy atom. The Morgan fingerprint density at radius 3 is 1.66 bits per heavy atom. The van der Waals surface area contributed by atoms with E-state index in [9.17, 15) is 0 Å². The zero-order valence-corrected chi connectivity index (χ0v) is 28.9. The van der Waals surface area contributed by atoms with Crippen molar-refractivity contribution in [1.82, 2.24) is 15.0 Å². The van der Waals surface area contributed by atoms with Gasteiger partial charge in [0.2, 0.25) is 0 Å². The summed E-state index contributed by atoms with van der Waals surface area (Å²) >= 11 is 0. The fraction of sp³-hybridized carbons (Fsp3) is 0.0408. The molecule has 0 atom stereocenters. The minimum atomic E-state index is 0.602. The normalized spacial score (nSPS) is 12.3. The maximum atomic E-state index is 6.54. The number of benzene rings is 7. The minimum absolute atomic E-state index is 0.602. The lowest BCUT2D eigenvalue weighted by atomic mass is 9.95. The molecule has 9 aromatic rings. The summed E-state index contributed by atoms with van der Waals surface area (Å²) < 4.78 is 6.54. The minimum Gasteiger partial charge on any atom is -0.456 e. The Hall–Kier alpha value is -6.91. The van der Waals surface area contributed by atoms with Crippen LogP contribution in [0.25, 0.3) is 95.6 Å². The van der Waals surface area contributed by atoms with Crippen LogP contribution >= 0.6 is 0 Å². The Kier molecular flexibility index (Phi) is 7.58. The summed E-state index contributed by atoms with van der Waals surface area (Å²) in [7, 11) is 0. The number of allylic oxidation sites excluding steroid dienone is 1. The molecule has 0 bridgehead atoms. The number of furan rings is 1. The standard InChI is InChI=1S/C49H33N3O/c1-3-11-32(12-4-1)35-19-21-37(22-20-35)41-30-43(46-42-17-9-10-18-44(42)53-45(46)31-41)49-51-47(38-26-23-36(24-27-38)33-13-5-2-6-14-33)50-48(52-49)40-28-25-34-15-7-8-16-39(34)29-40/h1-6,8-14,16-31H,7,15H2. The second kappa shape index (κ2) is 13.0. The van der Waals surface area contributed by atoms with E-state index in [0.717, 1.165) is 68.2 Å². The molecule has 0 amide bonds. The zero-order chi connectivity index (χ0) is 35.1. The van der Waals surface area contributed by atoms with E-state index in [0.29, 0.717) is 17.5 Å². The highest BCUT2D eigenvalue weighted by atomic mass is 16.3. The van der Waals surface area contributed by atoms with Gasteiger partial charge in [-0.3, -0.25) is 0 Å². The third kappa shape index (κ3) is 5.81. The molecule has 0 saturated carbocycles. The molecule has 0 aliphatic heterocycles. The van der Waals surface area contributed by atoms with Crippen molar-refractivity contribution >= 4 is 28.0 Å². The highest BCUT2D eigenvalue weighted by molar-refractivity contribution is 6.13. The number of hydrogen-bond donors (Lipinski definition) is 0. The summed E-state index contributed by atoms with van der Waals surface area (Å²) in [5.41, 5.74) is 13.7. The van der Waals surface area contributed by atoms with Crippen molar-refractivity contribution in [2.45, 2.75) is 12.8 Å². The van der Waals surface area contributed by atoms with Gasteiger partial charge in [-0.05, 0) is 81.6 Å². The molecule has 7 aromatic carbocycles. The first kappa shape index (κ1) is 30.9. The van der Waals surface area contributed by atoms with Crippen LogP contribution in [0.1, 0.15) is 17.5 Å². The first-order valence-corrected chi connectivity index (χ1v) is 18.1. The molecule has 1 aliphatic rings. The monoisotopic (exact) mass is 679 g/mol. The molecule has 250 valence electrons. The molecule has 2 aromatic heterocycles. The average molecular weight is 680 g/mol. The van der Waals surface area contributed by atoms with Crippen molar-refractivity contribution in [1.29, 1.82) is 0 Å². The van der Waals surface area contributed by atoms with E-state index in [1.165, 1.54) is 27.8 Å². The fourth-order valence-electron chi connectivity index (χ4n) is 7.45. The van der Waals surface area contributed by atoms with Crippen LogP contribution in [0.2, 0.25) is 0 Å². The van der Waals surface area contributed by atoms with Crippen LogP contribution in [0, 0.1) is 0 Å². The van der Waals surface area contributed by atoms with Crippen LogP contribution in [-0.2, 0) is 6.42 Å². The summed E-state index contributed by atoms with van der Waals surface area (Å²) in [6.07, 6.45) is 6.55. The second-order valence-electron chi connectivity index (χ2n) is 13.5. The van der Waals surface area contributed by atoms with E-state index in [2.05, 4.69) is 152 Å². The summed E-state index contributed by atoms with van der Waals surface area (Å²) in [6, 6.07) is 57.2. The van der Waals surface area contributed by atoms with Gasteiger partial charge in [-0.1, -0.05) is 152 Å². The number of fused-ring (bicyclic) bond motifs is 4. The molecule has 0 fully saturated rings. The van der Waals surface area contributed by atoms with Gasteiger partial charge >= 0.3 is 0 Å². The van der Waals surface area contributed by atoms with Gasteiger partial charge in [-0.2, -0.15) is 0 Å². The van der Waals surface area contributed by atoms with Gasteiger partial charge in [0.1, 0.15) is 11.2 Å². The van der Waals surface area contributed by atoms with E-state index >= 15 is 0 Å². The Bertz CT molecular complexity index is 2800. The van der Waals surface area contributed by atoms with E-state index in [4.69, 9.17) is 19.4 Å². The molecule has 53 heavy (non-hydrogen) atoms. The van der Waals surface area contributed by atoms with Crippen LogP contribution in [0.5, 0.6) is 0 Å². The maximum absolute atomic E-state index is 6.54. The summed E-state index contributed by atoms with van der Waals surface area (Å²) in [4.78, 5) is 15.6. The number of aromatic nitrogens is 3. The number of rotatable bonds is 6. The number of nitrogens with zero attached hydrogens (tertiary/aromatic N) is 3. The number of hydrogen-bond acceptors (Lipinski definition) is 4. The van der Waals surface area contributed by atoms with Gasteiger partial charge in [0.25, 0.3) is 0 Å². The van der Waals surface area contributed by atoms with Crippen LogP contribution in [-0.4, -0.2) is 15.0 Å². The van der Waals surface area contributed by atoms with Gasteiger partial charge in [-0.15, -0.1) is 0 Å². The number of aryl methyl sites for hydroxylation is 1. The predicted octanol–water partition coefficient (Wildman–Crippen LogP) is 12.7. The topological polar surface area (TPSA) is 51.8 Å². The smallest absolute Gasteiger partial charge is 0.164 e. The largest absolute Gasteiger partial charge is 0.456 e. The van der Waals surface area contributed by atoms with Gasteiger partial charge in [-0.25, -0.2) is 15.0 Å². The first-order chi connectivity index (χ1) is 26.2. The fourth-order valence-corrected chi connectivity index (χ4v) is 7.45. The highest BCUT2D eigenvalue weighted by Gasteiger charge is 2.20. The van der Waals surface area contributed by atoms with Crippen molar-refractivity contribution in [3.8, 4) is 67.5 Å². The molecular weight excluding hydrogens is 647 g/mol. The van der Waals surface area contributed by atoms with Crippen molar-refractivity contribution in [3.63, 3.8) is 0 Å². The summed E-state index contributed by atoms with van der Waals surface area (Å²) in [5, 5.41) is 2.01. The predicted molar refractivity (Wildman–Crippen MR) is 217 cm³/mol. The van der Waals surface area contributed by atoms with Crippen LogP contribution in [0.15, 0.2) is 174 Å². The van der Waals surface area contributed by atoms with Crippen molar-refractivity contribution in [3.05, 3.63) is 181 Å². The van der Waals surface area contributed by atoms with Crippen LogP contribution < -0.4 is 0 Å². The zero-order valence-electron chi connectivity index (χ0n) is 28.9. The molecule has 10 rings (SSSR count). The van der Waals surface area contributed by atoms with Gasteiger partial charge in [0.05, 0.1) is 0 Å². The molecule has 0 saturated heterocycles. The molecular formula is C49H33N3O. The van der Waals surface area contributed by atoms with Crippen LogP contribution in [0.4, 0.5) is 0 Å². The Labute approximate surface area is 307 Å².